The minimum atomic E-state index is -3.92. The molecule has 0 unspecified atom stereocenters. The summed E-state index contributed by atoms with van der Waals surface area (Å²) in [6.07, 6.45) is 3.11. The van der Waals surface area contributed by atoms with Crippen LogP contribution in [0.3, 0.4) is 0 Å². The summed E-state index contributed by atoms with van der Waals surface area (Å²) in [6, 6.07) is 7.42. The van der Waals surface area contributed by atoms with Crippen LogP contribution in [-0.4, -0.2) is 48.5 Å². The number of fused-ring (bicyclic) bond motifs is 1. The summed E-state index contributed by atoms with van der Waals surface area (Å²) in [5, 5.41) is 3.80. The van der Waals surface area contributed by atoms with Crippen molar-refractivity contribution in [1.29, 1.82) is 0 Å². The van der Waals surface area contributed by atoms with Gasteiger partial charge < -0.3 is 15.8 Å². The molecule has 0 bridgehead atoms. The molecule has 3 heterocycles. The number of hydrogen-bond donors (Lipinski definition) is 2. The Kier molecular flexibility index (Phi) is 5.47. The first-order valence-corrected chi connectivity index (χ1v) is 11.7. The van der Waals surface area contributed by atoms with Gasteiger partial charge >= 0.3 is 0 Å². The number of nitrogens with two attached hydrogens (primary N) is 1. The van der Waals surface area contributed by atoms with Gasteiger partial charge in [-0.15, -0.1) is 0 Å². The number of alkyl halides is 1. The summed E-state index contributed by atoms with van der Waals surface area (Å²) in [6.45, 7) is 1.55. The fraction of sp³-hybridized carbons (Fsp3) is 0.318. The molecule has 0 saturated heterocycles. The van der Waals surface area contributed by atoms with E-state index in [1.54, 1.807) is 18.3 Å². The first-order chi connectivity index (χ1) is 15.5. The second kappa shape index (κ2) is 7.91. The molecule has 3 N–H and O–H groups in total. The van der Waals surface area contributed by atoms with Crippen molar-refractivity contribution >= 4 is 38.1 Å². The monoisotopic (exact) mass is 475 g/mol. The molecular formula is C22H23F2N5O3S. The molecule has 33 heavy (non-hydrogen) atoms. The number of nitrogens with zero attached hydrogens (tertiary/aromatic N) is 3. The van der Waals surface area contributed by atoms with Crippen LogP contribution < -0.4 is 15.8 Å². The normalized spacial score (nSPS) is 21.4. The summed E-state index contributed by atoms with van der Waals surface area (Å²) < 4.78 is 58.7. The highest BCUT2D eigenvalue weighted by molar-refractivity contribution is 7.93. The molecule has 0 fully saturated rings. The molecule has 4 rings (SSSR count). The van der Waals surface area contributed by atoms with E-state index in [0.29, 0.717) is 22.8 Å². The van der Waals surface area contributed by atoms with Gasteiger partial charge in [-0.05, 0) is 44.2 Å². The molecular weight excluding hydrogens is 452 g/mol. The van der Waals surface area contributed by atoms with Crippen LogP contribution in [-0.2, 0) is 15.4 Å². The average Bonchev–Trinajstić information content (AvgIpc) is 2.78. The highest BCUT2D eigenvalue weighted by Gasteiger charge is 2.51. The Balaban J connectivity index is 1.80. The highest BCUT2D eigenvalue weighted by atomic mass is 32.2. The molecule has 1 aliphatic rings. The van der Waals surface area contributed by atoms with Crippen LogP contribution in [0.4, 0.5) is 20.3 Å². The lowest BCUT2D eigenvalue weighted by atomic mass is 9.92. The molecule has 0 amide bonds. The van der Waals surface area contributed by atoms with Gasteiger partial charge in [-0.3, -0.25) is 4.99 Å². The van der Waals surface area contributed by atoms with Gasteiger partial charge in [0.15, 0.2) is 15.7 Å². The highest BCUT2D eigenvalue weighted by Crippen LogP contribution is 2.39. The number of rotatable bonds is 5. The number of sulfone groups is 1. The molecule has 174 valence electrons. The largest absolute Gasteiger partial charge is 0.495 e. The van der Waals surface area contributed by atoms with Crippen LogP contribution in [0.5, 0.6) is 5.75 Å². The number of pyridine rings is 2. The van der Waals surface area contributed by atoms with Crippen LogP contribution in [0.1, 0.15) is 19.4 Å². The molecule has 1 aromatic carbocycles. The predicted octanol–water partition coefficient (Wildman–Crippen LogP) is 3.25. The number of ether oxygens (including phenoxy) is 1. The van der Waals surface area contributed by atoms with E-state index in [2.05, 4.69) is 20.3 Å². The Morgan fingerprint density at radius 3 is 2.64 bits per heavy atom. The maximum atomic E-state index is 14.9. The summed E-state index contributed by atoms with van der Waals surface area (Å²) >= 11 is 0. The van der Waals surface area contributed by atoms with E-state index in [-0.39, 0.29) is 11.4 Å². The molecule has 11 heteroatoms. The van der Waals surface area contributed by atoms with Crippen molar-refractivity contribution in [2.75, 3.05) is 24.9 Å². The van der Waals surface area contributed by atoms with Crippen molar-refractivity contribution < 1.29 is 21.9 Å². The van der Waals surface area contributed by atoms with E-state index in [1.165, 1.54) is 39.3 Å². The van der Waals surface area contributed by atoms with Crippen LogP contribution in [0.2, 0.25) is 0 Å². The number of methoxy groups -OCH3 is 1. The number of benzene rings is 1. The number of nitrogens with one attached hydrogen (secondary N) is 1. The van der Waals surface area contributed by atoms with Crippen LogP contribution in [0.25, 0.3) is 10.9 Å². The third-order valence-corrected chi connectivity index (χ3v) is 8.54. The van der Waals surface area contributed by atoms with Crippen molar-refractivity contribution in [3.63, 3.8) is 0 Å². The zero-order valence-electron chi connectivity index (χ0n) is 18.3. The van der Waals surface area contributed by atoms with Crippen molar-refractivity contribution in [1.82, 2.24) is 9.97 Å². The van der Waals surface area contributed by atoms with E-state index >= 15 is 0 Å². The predicted molar refractivity (Wildman–Crippen MR) is 123 cm³/mol. The smallest absolute Gasteiger partial charge is 0.165 e. The molecule has 0 radical (unpaired) electrons. The van der Waals surface area contributed by atoms with Crippen molar-refractivity contribution in [3.8, 4) is 5.75 Å². The molecule has 2 aromatic heterocycles. The second-order valence-corrected chi connectivity index (χ2v) is 10.9. The second-order valence-electron chi connectivity index (χ2n) is 8.36. The molecule has 0 spiro atoms. The van der Waals surface area contributed by atoms with Crippen LogP contribution >= 0.6 is 0 Å². The standard InChI is InChI=1S/C22H23F2N5O3S/c1-21(2)20(25)29-22(11-23,12-33(21,30)31)16-9-14(4-5-17(16)24)28-19-18-13(6-7-26-19)8-15(32-3)10-27-18/h4-10H,11-12H2,1-3H3,(H2,25,29)(H,26,28)/t22-/m0/s1. The molecule has 0 aliphatic carbocycles. The Morgan fingerprint density at radius 1 is 1.21 bits per heavy atom. The van der Waals surface area contributed by atoms with Crippen molar-refractivity contribution in [3.05, 3.63) is 54.1 Å². The molecule has 1 atom stereocenters. The lowest BCUT2D eigenvalue weighted by Gasteiger charge is -2.38. The maximum absolute atomic E-state index is 14.9. The zero-order chi connectivity index (χ0) is 24.0. The van der Waals surface area contributed by atoms with Gasteiger partial charge in [-0.1, -0.05) is 0 Å². The minimum Gasteiger partial charge on any atom is -0.495 e. The van der Waals surface area contributed by atoms with Gasteiger partial charge in [0.1, 0.15) is 39.9 Å². The first kappa shape index (κ1) is 22.8. The lowest BCUT2D eigenvalue weighted by Crippen LogP contribution is -2.56. The van der Waals surface area contributed by atoms with E-state index in [4.69, 9.17) is 10.5 Å². The number of anilines is 2. The third-order valence-electron chi connectivity index (χ3n) is 5.92. The van der Waals surface area contributed by atoms with E-state index < -0.39 is 38.4 Å². The summed E-state index contributed by atoms with van der Waals surface area (Å²) in [5.74, 6) is -0.817. The molecule has 0 saturated carbocycles. The fourth-order valence-electron chi connectivity index (χ4n) is 3.67. The average molecular weight is 476 g/mol. The van der Waals surface area contributed by atoms with Gasteiger partial charge in [0.05, 0.1) is 19.1 Å². The van der Waals surface area contributed by atoms with Gasteiger partial charge in [-0.2, -0.15) is 0 Å². The molecule has 8 nitrogen and oxygen atoms in total. The number of amidine groups is 1. The van der Waals surface area contributed by atoms with Gasteiger partial charge in [0.25, 0.3) is 0 Å². The van der Waals surface area contributed by atoms with Gasteiger partial charge in [0, 0.05) is 22.8 Å². The molecule has 1 aliphatic heterocycles. The van der Waals surface area contributed by atoms with E-state index in [1.807, 2.05) is 0 Å². The summed E-state index contributed by atoms with van der Waals surface area (Å²) in [7, 11) is -2.39. The number of aromatic nitrogens is 2. The Labute approximate surface area is 189 Å². The van der Waals surface area contributed by atoms with E-state index in [0.717, 1.165) is 11.5 Å². The van der Waals surface area contributed by atoms with E-state index in [9.17, 15) is 17.2 Å². The maximum Gasteiger partial charge on any atom is 0.165 e. The fourth-order valence-corrected chi connectivity index (χ4v) is 5.32. The lowest BCUT2D eigenvalue weighted by molar-refractivity contribution is 0.324. The zero-order valence-corrected chi connectivity index (χ0v) is 19.1. The molecule has 3 aromatic rings. The quantitative estimate of drug-likeness (QED) is 0.581. The number of halogens is 2. The topological polar surface area (TPSA) is 120 Å². The van der Waals surface area contributed by atoms with Crippen LogP contribution in [0, 0.1) is 5.82 Å². The minimum absolute atomic E-state index is 0.216. The van der Waals surface area contributed by atoms with Crippen molar-refractivity contribution in [2.45, 2.75) is 24.1 Å². The Hall–Kier alpha value is -3.34. The van der Waals surface area contributed by atoms with Gasteiger partial charge in [-0.25, -0.2) is 27.2 Å². The third kappa shape index (κ3) is 3.75. The number of hydrogen-bond acceptors (Lipinski definition) is 8. The SMILES string of the molecule is COc1cnc2c(Nc3ccc(F)c([C@]4(CF)CS(=O)(=O)C(C)(C)C(N)=N4)c3)nccc2c1. The van der Waals surface area contributed by atoms with Crippen molar-refractivity contribution in [2.24, 2.45) is 10.7 Å². The Bertz CT molecular complexity index is 1380. The number of aliphatic imine (C=N–C) groups is 1. The first-order valence-electron chi connectivity index (χ1n) is 10.0. The van der Waals surface area contributed by atoms with Gasteiger partial charge in [0.2, 0.25) is 0 Å². The summed E-state index contributed by atoms with van der Waals surface area (Å²) in [5.41, 5.74) is 4.60. The Morgan fingerprint density at radius 2 is 1.97 bits per heavy atom. The summed E-state index contributed by atoms with van der Waals surface area (Å²) in [4.78, 5) is 12.8. The van der Waals surface area contributed by atoms with Crippen LogP contribution in [0.15, 0.2) is 47.7 Å².